The van der Waals surface area contributed by atoms with Crippen molar-refractivity contribution in [3.8, 4) is 0 Å². The monoisotopic (exact) mass is 1220 g/mol. The highest BCUT2D eigenvalue weighted by Gasteiger charge is 2.28. The number of carbonyl (C=O) groups excluding carboxylic acids is 1. The molecular weight excluding hydrogens is 1080 g/mol. The number of phosphoric ester groups is 1. The first-order valence-corrected chi connectivity index (χ1v) is 37.4. The van der Waals surface area contributed by atoms with Gasteiger partial charge in [-0.05, 0) is 89.9 Å². The van der Waals surface area contributed by atoms with Crippen molar-refractivity contribution >= 4 is 13.7 Å². The summed E-state index contributed by atoms with van der Waals surface area (Å²) >= 11 is 0. The van der Waals surface area contributed by atoms with Crippen LogP contribution in [0.1, 0.15) is 309 Å². The molecule has 0 aliphatic carbocycles. The van der Waals surface area contributed by atoms with Gasteiger partial charge in [0.25, 0.3) is 0 Å². The number of aliphatic hydroxyl groups is 1. The average molecular weight is 1220 g/mol. The Labute approximate surface area is 533 Å². The Morgan fingerprint density at radius 2 is 0.698 bits per heavy atom. The van der Waals surface area contributed by atoms with Crippen LogP contribution in [0.3, 0.4) is 0 Å². The lowest BCUT2D eigenvalue weighted by molar-refractivity contribution is -0.870. The fraction of sp³-hybridized carbons (Fsp3) is 0.727. The van der Waals surface area contributed by atoms with Gasteiger partial charge in [-0.15, -0.1) is 0 Å². The van der Waals surface area contributed by atoms with Crippen LogP contribution in [0, 0.1) is 0 Å². The minimum atomic E-state index is -4.37. The number of allylic oxidation sites excluding steroid dienone is 19. The van der Waals surface area contributed by atoms with Gasteiger partial charge in [-0.2, -0.15) is 0 Å². The van der Waals surface area contributed by atoms with Gasteiger partial charge >= 0.3 is 7.82 Å². The molecule has 9 heteroatoms. The lowest BCUT2D eigenvalue weighted by atomic mass is 10.0. The number of phosphoric acid groups is 1. The quantitative estimate of drug-likeness (QED) is 0.0243. The molecule has 0 bridgehead atoms. The standard InChI is InChI=1S/C77H137N2O6P/c1-6-8-10-12-14-16-18-20-22-24-26-28-30-32-34-36-38-39-41-43-45-47-49-51-53-55-57-59-61-63-65-67-69-71-77(81)78-75(74-85-86(82,83)84-73-72-79(3,4)5)76(80)70-68-66-64-62-60-58-56-54-52-50-48-46-44-42-40-37-35-33-31-29-27-25-23-21-19-17-15-13-11-9-7-2/h8,10,14,16,20,22,26,28,32,34,38-39,43,45,49,51,55,57,68,70,75-76,80H,6-7,9,11-13,15,17-19,21,23-25,27,29-31,33,35-37,40-42,44,46-48,50,52-54,56,58-67,69,71-74H2,1-5H3,(H-,78,81,82,83)/p+1/b10-8-,16-14-,22-20-,28-26-,34-32-,39-38-,45-43-,51-49-,57-55-,70-68+. The van der Waals surface area contributed by atoms with Gasteiger partial charge < -0.3 is 19.8 Å². The molecule has 0 radical (unpaired) electrons. The molecule has 86 heavy (non-hydrogen) atoms. The smallest absolute Gasteiger partial charge is 0.387 e. The van der Waals surface area contributed by atoms with E-state index in [0.29, 0.717) is 17.4 Å². The normalized spacial score (nSPS) is 14.4. The Balaban J connectivity index is 4.16. The van der Waals surface area contributed by atoms with Crippen molar-refractivity contribution in [3.05, 3.63) is 122 Å². The van der Waals surface area contributed by atoms with Crippen LogP contribution in [0.2, 0.25) is 0 Å². The molecule has 0 saturated heterocycles. The maximum absolute atomic E-state index is 13.1. The number of rotatable bonds is 65. The molecule has 0 saturated carbocycles. The highest BCUT2D eigenvalue weighted by Crippen LogP contribution is 2.43. The fourth-order valence-electron chi connectivity index (χ4n) is 10.2. The molecule has 1 amide bonds. The number of carbonyl (C=O) groups is 1. The van der Waals surface area contributed by atoms with Gasteiger partial charge in [0, 0.05) is 6.42 Å². The topological polar surface area (TPSA) is 105 Å². The van der Waals surface area contributed by atoms with E-state index in [9.17, 15) is 19.4 Å². The van der Waals surface area contributed by atoms with Crippen LogP contribution < -0.4 is 5.32 Å². The summed E-state index contributed by atoms with van der Waals surface area (Å²) in [5, 5.41) is 14.0. The lowest BCUT2D eigenvalue weighted by Crippen LogP contribution is -2.45. The van der Waals surface area contributed by atoms with E-state index >= 15 is 0 Å². The molecule has 496 valence electrons. The molecule has 0 aromatic carbocycles. The molecule has 3 atom stereocenters. The van der Waals surface area contributed by atoms with Gasteiger partial charge in [0.2, 0.25) is 5.91 Å². The summed E-state index contributed by atoms with van der Waals surface area (Å²) in [5.41, 5.74) is 0. The Kier molecular flexibility index (Phi) is 63.9. The molecule has 0 aromatic heterocycles. The van der Waals surface area contributed by atoms with Crippen LogP contribution in [0.25, 0.3) is 0 Å². The highest BCUT2D eigenvalue weighted by molar-refractivity contribution is 7.47. The third-order valence-corrected chi connectivity index (χ3v) is 16.7. The van der Waals surface area contributed by atoms with Crippen molar-refractivity contribution in [2.75, 3.05) is 40.9 Å². The first-order valence-electron chi connectivity index (χ1n) is 35.9. The third-order valence-electron chi connectivity index (χ3n) is 15.7. The number of amides is 1. The van der Waals surface area contributed by atoms with Crippen molar-refractivity contribution in [2.45, 2.75) is 321 Å². The number of nitrogens with zero attached hydrogens (tertiary/aromatic N) is 1. The average Bonchev–Trinajstić information content (AvgIpc) is 3.70. The van der Waals surface area contributed by atoms with Crippen molar-refractivity contribution < 1.29 is 32.9 Å². The molecule has 0 fully saturated rings. The summed E-state index contributed by atoms with van der Waals surface area (Å²) < 4.78 is 23.8. The van der Waals surface area contributed by atoms with E-state index in [-0.39, 0.29) is 19.1 Å². The molecule has 8 nitrogen and oxygen atoms in total. The summed E-state index contributed by atoms with van der Waals surface area (Å²) in [7, 11) is 1.55. The van der Waals surface area contributed by atoms with Crippen molar-refractivity contribution in [1.29, 1.82) is 0 Å². The second kappa shape index (κ2) is 66.3. The van der Waals surface area contributed by atoms with E-state index in [2.05, 4.69) is 129 Å². The highest BCUT2D eigenvalue weighted by atomic mass is 31.2. The van der Waals surface area contributed by atoms with E-state index in [4.69, 9.17) is 9.05 Å². The van der Waals surface area contributed by atoms with E-state index < -0.39 is 20.0 Å². The van der Waals surface area contributed by atoms with Crippen LogP contribution in [0.15, 0.2) is 122 Å². The number of hydrogen-bond donors (Lipinski definition) is 3. The van der Waals surface area contributed by atoms with Crippen LogP contribution in [-0.4, -0.2) is 73.4 Å². The predicted molar refractivity (Wildman–Crippen MR) is 378 cm³/mol. The summed E-state index contributed by atoms with van der Waals surface area (Å²) in [6.45, 7) is 4.71. The van der Waals surface area contributed by atoms with Gasteiger partial charge in [0.15, 0.2) is 0 Å². The second-order valence-electron chi connectivity index (χ2n) is 25.2. The molecular formula is C77H138N2O6P+. The van der Waals surface area contributed by atoms with E-state index in [1.807, 2.05) is 27.2 Å². The van der Waals surface area contributed by atoms with Gasteiger partial charge in [-0.1, -0.05) is 334 Å². The minimum Gasteiger partial charge on any atom is -0.387 e. The zero-order valence-corrected chi connectivity index (χ0v) is 57.7. The molecule has 0 rings (SSSR count). The maximum atomic E-state index is 13.1. The van der Waals surface area contributed by atoms with Crippen LogP contribution in [0.4, 0.5) is 0 Å². The molecule has 0 spiro atoms. The Hall–Kier alpha value is -3.10. The van der Waals surface area contributed by atoms with Crippen molar-refractivity contribution in [1.82, 2.24) is 5.32 Å². The summed E-state index contributed by atoms with van der Waals surface area (Å²) in [6.07, 6.45) is 99.2. The van der Waals surface area contributed by atoms with Crippen molar-refractivity contribution in [2.24, 2.45) is 0 Å². The zero-order chi connectivity index (χ0) is 62.6. The molecule has 3 N–H and O–H groups in total. The van der Waals surface area contributed by atoms with Crippen LogP contribution in [0.5, 0.6) is 0 Å². The minimum absolute atomic E-state index is 0.0514. The predicted octanol–water partition coefficient (Wildman–Crippen LogP) is 23.2. The largest absolute Gasteiger partial charge is 0.472 e. The van der Waals surface area contributed by atoms with Gasteiger partial charge in [0.1, 0.15) is 13.2 Å². The second-order valence-corrected chi connectivity index (χ2v) is 26.7. The molecule has 0 aliphatic heterocycles. The number of quaternary nitrogens is 1. The van der Waals surface area contributed by atoms with E-state index in [1.54, 1.807) is 6.08 Å². The van der Waals surface area contributed by atoms with Gasteiger partial charge in [-0.25, -0.2) is 4.57 Å². The SMILES string of the molecule is CC/C=C\C/C=C\C/C=C\C/C=C\C/C=C\C/C=C\C/C=C\C/C=C\C/C=C\CCCCCCCC(=O)NC(COP(=O)(O)OCC[N+](C)(C)C)C(O)/C=C/CCCCCCCCCCCCCCCCCCCCCCCCCCCCCCC. The number of likely N-dealkylation sites (N-methyl/N-ethyl adjacent to an activating group) is 1. The number of aliphatic hydroxyl groups excluding tert-OH is 1. The first-order chi connectivity index (χ1) is 42.0. The molecule has 0 heterocycles. The zero-order valence-electron chi connectivity index (χ0n) is 56.8. The van der Waals surface area contributed by atoms with Gasteiger partial charge in [0.05, 0.1) is 39.9 Å². The molecule has 3 unspecified atom stereocenters. The Bertz CT molecular complexity index is 1820. The Morgan fingerprint density at radius 1 is 0.407 bits per heavy atom. The Morgan fingerprint density at radius 3 is 1.02 bits per heavy atom. The molecule has 0 aliphatic rings. The van der Waals surface area contributed by atoms with Crippen molar-refractivity contribution in [3.63, 3.8) is 0 Å². The molecule has 0 aromatic rings. The fourth-order valence-corrected chi connectivity index (χ4v) is 10.9. The maximum Gasteiger partial charge on any atom is 0.472 e. The van der Waals surface area contributed by atoms with Gasteiger partial charge in [-0.3, -0.25) is 13.8 Å². The summed E-state index contributed by atoms with van der Waals surface area (Å²) in [4.78, 5) is 23.4. The third kappa shape index (κ3) is 68.4. The summed E-state index contributed by atoms with van der Waals surface area (Å²) in [6, 6.07) is -0.869. The van der Waals surface area contributed by atoms with E-state index in [0.717, 1.165) is 116 Å². The lowest BCUT2D eigenvalue weighted by Gasteiger charge is -2.25. The van der Waals surface area contributed by atoms with E-state index in [1.165, 1.54) is 173 Å². The number of unbranched alkanes of at least 4 members (excludes halogenated alkanes) is 34. The summed E-state index contributed by atoms with van der Waals surface area (Å²) in [5.74, 6) is -0.197. The van der Waals surface area contributed by atoms with Crippen LogP contribution >= 0.6 is 7.82 Å². The van der Waals surface area contributed by atoms with Crippen LogP contribution in [-0.2, 0) is 18.4 Å². The number of hydrogen-bond acceptors (Lipinski definition) is 5. The first kappa shape index (κ1) is 82.9. The number of nitrogens with one attached hydrogen (secondary N) is 1.